The lowest BCUT2D eigenvalue weighted by atomic mass is 10.1. The number of aryl methyl sites for hydroxylation is 1. The van der Waals surface area contributed by atoms with Crippen LogP contribution in [0.3, 0.4) is 0 Å². The van der Waals surface area contributed by atoms with Gasteiger partial charge in [0.05, 0.1) is 0 Å². The minimum atomic E-state index is 0.543. The van der Waals surface area contributed by atoms with Gasteiger partial charge in [-0.2, -0.15) is 0 Å². The number of nitrogens with zero attached hydrogens (tertiary/aromatic N) is 2. The number of halogens is 1. The van der Waals surface area contributed by atoms with Gasteiger partial charge in [0.25, 0.3) is 0 Å². The first-order valence-corrected chi connectivity index (χ1v) is 5.17. The standard InChI is InChI=1S/C12H11ClN2/c1-14-6-5-9-8-15(2)12-7-10(13)3-4-11(9)12/h3-4,7-8H,5-6H2,2H3. The van der Waals surface area contributed by atoms with E-state index in [4.69, 9.17) is 18.2 Å². The Morgan fingerprint density at radius 2 is 2.27 bits per heavy atom. The molecular weight excluding hydrogens is 208 g/mol. The molecule has 2 nitrogen and oxygen atoms in total. The molecule has 2 aromatic rings. The van der Waals surface area contributed by atoms with Gasteiger partial charge < -0.3 is 9.41 Å². The Bertz CT molecular complexity index is 534. The Morgan fingerprint density at radius 1 is 1.47 bits per heavy atom. The van der Waals surface area contributed by atoms with Crippen molar-refractivity contribution in [3.63, 3.8) is 0 Å². The van der Waals surface area contributed by atoms with Gasteiger partial charge in [-0.15, -0.1) is 0 Å². The molecule has 0 aliphatic carbocycles. The van der Waals surface area contributed by atoms with Crippen molar-refractivity contribution in [1.82, 2.24) is 4.57 Å². The zero-order valence-corrected chi connectivity index (χ0v) is 9.25. The normalized spacial score (nSPS) is 10.5. The van der Waals surface area contributed by atoms with Crippen LogP contribution in [0.1, 0.15) is 5.56 Å². The highest BCUT2D eigenvalue weighted by Gasteiger charge is 2.07. The highest BCUT2D eigenvalue weighted by molar-refractivity contribution is 6.31. The Kier molecular flexibility index (Phi) is 2.66. The van der Waals surface area contributed by atoms with Crippen molar-refractivity contribution >= 4 is 22.5 Å². The monoisotopic (exact) mass is 218 g/mol. The molecule has 1 aromatic carbocycles. The highest BCUT2D eigenvalue weighted by Crippen LogP contribution is 2.24. The number of hydrogen-bond donors (Lipinski definition) is 0. The van der Waals surface area contributed by atoms with Crippen molar-refractivity contribution in [2.75, 3.05) is 6.54 Å². The minimum absolute atomic E-state index is 0.543. The van der Waals surface area contributed by atoms with E-state index < -0.39 is 0 Å². The summed E-state index contributed by atoms with van der Waals surface area (Å²) >= 11 is 5.94. The maximum atomic E-state index is 6.80. The van der Waals surface area contributed by atoms with Crippen LogP contribution in [0, 0.1) is 6.57 Å². The molecule has 0 saturated carbocycles. The molecule has 1 aromatic heterocycles. The first-order valence-electron chi connectivity index (χ1n) is 4.79. The maximum Gasteiger partial charge on any atom is 0.218 e. The average molecular weight is 219 g/mol. The molecule has 0 spiro atoms. The van der Waals surface area contributed by atoms with Gasteiger partial charge in [-0.3, -0.25) is 0 Å². The fraction of sp³-hybridized carbons (Fsp3) is 0.250. The third-order valence-corrected chi connectivity index (χ3v) is 2.76. The second-order valence-electron chi connectivity index (χ2n) is 3.56. The van der Waals surface area contributed by atoms with Crippen LogP contribution in [0.25, 0.3) is 15.7 Å². The van der Waals surface area contributed by atoms with Crippen molar-refractivity contribution in [1.29, 1.82) is 0 Å². The second kappa shape index (κ2) is 3.96. The molecule has 3 heteroatoms. The molecule has 1 heterocycles. The average Bonchev–Trinajstić information content (AvgIpc) is 2.53. The van der Waals surface area contributed by atoms with Crippen LogP contribution in [0.4, 0.5) is 0 Å². The fourth-order valence-electron chi connectivity index (χ4n) is 1.82. The van der Waals surface area contributed by atoms with Crippen LogP contribution >= 0.6 is 11.6 Å². The summed E-state index contributed by atoms with van der Waals surface area (Å²) in [5, 5.41) is 1.95. The lowest BCUT2D eigenvalue weighted by Gasteiger charge is -1.96. The smallest absolute Gasteiger partial charge is 0.218 e. The van der Waals surface area contributed by atoms with E-state index in [1.807, 2.05) is 25.2 Å². The molecule has 0 radical (unpaired) electrons. The van der Waals surface area contributed by atoms with Crippen molar-refractivity contribution in [2.45, 2.75) is 6.42 Å². The number of hydrogen-bond acceptors (Lipinski definition) is 0. The largest absolute Gasteiger partial charge is 0.350 e. The number of benzene rings is 1. The number of aromatic nitrogens is 1. The lowest BCUT2D eigenvalue weighted by Crippen LogP contribution is -1.85. The molecule has 0 atom stereocenters. The first kappa shape index (κ1) is 10.1. The van der Waals surface area contributed by atoms with Crippen LogP contribution in [-0.2, 0) is 13.5 Å². The molecule has 0 amide bonds. The van der Waals surface area contributed by atoms with E-state index in [0.717, 1.165) is 17.0 Å². The third-order valence-electron chi connectivity index (χ3n) is 2.53. The van der Waals surface area contributed by atoms with Crippen LogP contribution < -0.4 is 0 Å². The van der Waals surface area contributed by atoms with Gasteiger partial charge in [0.2, 0.25) is 6.54 Å². The summed E-state index contributed by atoms with van der Waals surface area (Å²) in [6.45, 7) is 7.34. The number of rotatable bonds is 2. The topological polar surface area (TPSA) is 9.29 Å². The van der Waals surface area contributed by atoms with Crippen molar-refractivity contribution in [2.24, 2.45) is 7.05 Å². The zero-order chi connectivity index (χ0) is 10.8. The molecule has 0 fully saturated rings. The molecule has 0 unspecified atom stereocenters. The Balaban J connectivity index is 2.54. The van der Waals surface area contributed by atoms with Gasteiger partial charge in [0.15, 0.2) is 0 Å². The molecule has 2 rings (SSSR count). The molecule has 0 bridgehead atoms. The highest BCUT2D eigenvalue weighted by atomic mass is 35.5. The molecule has 15 heavy (non-hydrogen) atoms. The summed E-state index contributed by atoms with van der Waals surface area (Å²) in [7, 11) is 2.00. The number of fused-ring (bicyclic) bond motifs is 1. The van der Waals surface area contributed by atoms with Crippen molar-refractivity contribution in [3.8, 4) is 0 Å². The molecule has 0 aliphatic rings. The van der Waals surface area contributed by atoms with E-state index in [9.17, 15) is 0 Å². The molecular formula is C12H11ClN2. The Morgan fingerprint density at radius 3 is 3.00 bits per heavy atom. The Labute approximate surface area is 93.9 Å². The molecule has 0 N–H and O–H groups in total. The quantitative estimate of drug-likeness (QED) is 0.685. The minimum Gasteiger partial charge on any atom is -0.350 e. The van der Waals surface area contributed by atoms with E-state index in [1.165, 1.54) is 10.9 Å². The third kappa shape index (κ3) is 1.84. The van der Waals surface area contributed by atoms with E-state index >= 15 is 0 Å². The van der Waals surface area contributed by atoms with Gasteiger partial charge in [-0.05, 0) is 17.7 Å². The van der Waals surface area contributed by atoms with E-state index in [-0.39, 0.29) is 0 Å². The van der Waals surface area contributed by atoms with Gasteiger partial charge in [0, 0.05) is 35.6 Å². The molecule has 0 aliphatic heterocycles. The van der Waals surface area contributed by atoms with Crippen molar-refractivity contribution < 1.29 is 0 Å². The van der Waals surface area contributed by atoms with Gasteiger partial charge in [-0.1, -0.05) is 17.7 Å². The van der Waals surface area contributed by atoms with Gasteiger partial charge >= 0.3 is 0 Å². The molecule has 0 saturated heterocycles. The van der Waals surface area contributed by atoms with Crippen molar-refractivity contribution in [3.05, 3.63) is 46.4 Å². The predicted molar refractivity (Wildman–Crippen MR) is 63.1 cm³/mol. The summed E-state index contributed by atoms with van der Waals surface area (Å²) < 4.78 is 2.06. The van der Waals surface area contributed by atoms with E-state index in [0.29, 0.717) is 6.54 Å². The molecule has 76 valence electrons. The van der Waals surface area contributed by atoms with Gasteiger partial charge in [0.1, 0.15) is 0 Å². The zero-order valence-electron chi connectivity index (χ0n) is 8.50. The maximum absolute atomic E-state index is 6.80. The van der Waals surface area contributed by atoms with E-state index in [1.54, 1.807) is 0 Å². The Hall–Kier alpha value is -1.46. The van der Waals surface area contributed by atoms with Crippen LogP contribution in [0.15, 0.2) is 24.4 Å². The lowest BCUT2D eigenvalue weighted by molar-refractivity contribution is 0.950. The van der Waals surface area contributed by atoms with Gasteiger partial charge in [-0.25, -0.2) is 6.57 Å². The summed E-state index contributed by atoms with van der Waals surface area (Å²) in [4.78, 5) is 3.38. The first-order chi connectivity index (χ1) is 7.22. The predicted octanol–water partition coefficient (Wildman–Crippen LogP) is 3.29. The summed E-state index contributed by atoms with van der Waals surface area (Å²) in [5.41, 5.74) is 2.35. The fourth-order valence-corrected chi connectivity index (χ4v) is 1.98. The van der Waals surface area contributed by atoms with Crippen LogP contribution in [0.2, 0.25) is 5.02 Å². The SMILES string of the molecule is [C-]#[N+]CCc1cn(C)c2cc(Cl)ccc12. The summed E-state index contributed by atoms with van der Waals surface area (Å²) in [6.07, 6.45) is 2.88. The summed E-state index contributed by atoms with van der Waals surface area (Å²) in [6, 6.07) is 5.88. The summed E-state index contributed by atoms with van der Waals surface area (Å²) in [5.74, 6) is 0. The van der Waals surface area contributed by atoms with E-state index in [2.05, 4.69) is 15.6 Å². The van der Waals surface area contributed by atoms with Crippen LogP contribution in [0.5, 0.6) is 0 Å². The van der Waals surface area contributed by atoms with Crippen LogP contribution in [-0.4, -0.2) is 11.1 Å². The second-order valence-corrected chi connectivity index (χ2v) is 3.99.